The summed E-state index contributed by atoms with van der Waals surface area (Å²) in [5.41, 5.74) is 0. The second-order valence-electron chi connectivity index (χ2n) is 4.85. The van der Waals surface area contributed by atoms with Gasteiger partial charge in [-0.25, -0.2) is 4.18 Å². The molecule has 0 amide bonds. The molecule has 2 rings (SSSR count). The van der Waals surface area contributed by atoms with Gasteiger partial charge in [-0.2, -0.15) is 4.21 Å². The third-order valence-electron chi connectivity index (χ3n) is 3.01. The number of hydrogen-bond donors (Lipinski definition) is 0. The number of rotatable bonds is 4. The molecule has 2 aliphatic rings. The van der Waals surface area contributed by atoms with Crippen molar-refractivity contribution in [3.05, 3.63) is 0 Å². The predicted octanol–water partition coefficient (Wildman–Crippen LogP) is -0.868. The van der Waals surface area contributed by atoms with Crippen molar-refractivity contribution in [2.75, 3.05) is 6.61 Å². The highest BCUT2D eigenvalue weighted by molar-refractivity contribution is 7.75. The largest absolute Gasteiger partial charge is 0.463 e. The van der Waals surface area contributed by atoms with E-state index < -0.39 is 60.0 Å². The van der Waals surface area contributed by atoms with Gasteiger partial charge in [-0.05, 0) is 0 Å². The first kappa shape index (κ1) is 17.8. The minimum atomic E-state index is -2.10. The van der Waals surface area contributed by atoms with Crippen LogP contribution in [-0.4, -0.2) is 59.4 Å². The molecular formula is C12H16O10S. The zero-order valence-corrected chi connectivity index (χ0v) is 13.4. The van der Waals surface area contributed by atoms with Crippen molar-refractivity contribution in [1.82, 2.24) is 0 Å². The van der Waals surface area contributed by atoms with Crippen LogP contribution in [0.25, 0.3) is 0 Å². The van der Waals surface area contributed by atoms with Gasteiger partial charge in [0, 0.05) is 20.8 Å². The molecule has 0 aliphatic carbocycles. The lowest BCUT2D eigenvalue weighted by atomic mass is 9.98. The van der Waals surface area contributed by atoms with Crippen molar-refractivity contribution in [2.45, 2.75) is 51.5 Å². The highest BCUT2D eigenvalue weighted by Crippen LogP contribution is 2.34. The molecule has 6 atom stereocenters. The number of fused-ring (bicyclic) bond motifs is 1. The summed E-state index contributed by atoms with van der Waals surface area (Å²) in [6, 6.07) is 0. The summed E-state index contributed by atoms with van der Waals surface area (Å²) in [7, 11) is 0. The third-order valence-corrected chi connectivity index (χ3v) is 3.74. The SMILES string of the molecule is CC(=O)OC[C@H]1O[C@@H]2OS(=O)O[C@@H]2[C@@H](OC(C)=O)[C@@H]1OC(C)=O. The summed E-state index contributed by atoms with van der Waals surface area (Å²) in [6.45, 7) is 3.23. The average molecular weight is 352 g/mol. The lowest BCUT2D eigenvalue weighted by Crippen LogP contribution is -2.60. The highest BCUT2D eigenvalue weighted by atomic mass is 32.2. The van der Waals surface area contributed by atoms with Gasteiger partial charge in [-0.15, -0.1) is 0 Å². The maximum absolute atomic E-state index is 11.4. The number of hydrogen-bond acceptors (Lipinski definition) is 10. The van der Waals surface area contributed by atoms with Crippen molar-refractivity contribution < 1.29 is 45.9 Å². The molecule has 2 heterocycles. The van der Waals surface area contributed by atoms with Crippen LogP contribution in [-0.2, 0) is 53.1 Å². The van der Waals surface area contributed by atoms with Gasteiger partial charge in [0.25, 0.3) is 0 Å². The highest BCUT2D eigenvalue weighted by Gasteiger charge is 2.56. The van der Waals surface area contributed by atoms with Gasteiger partial charge in [0.1, 0.15) is 12.7 Å². The summed E-state index contributed by atoms with van der Waals surface area (Å²) in [5, 5.41) is 0. The maximum Gasteiger partial charge on any atom is 0.307 e. The van der Waals surface area contributed by atoms with Crippen LogP contribution in [0.3, 0.4) is 0 Å². The minimum Gasteiger partial charge on any atom is -0.463 e. The van der Waals surface area contributed by atoms with E-state index in [9.17, 15) is 18.6 Å². The Bertz CT molecular complexity index is 520. The molecular weight excluding hydrogens is 336 g/mol. The summed E-state index contributed by atoms with van der Waals surface area (Å²) >= 11 is -2.10. The van der Waals surface area contributed by atoms with Gasteiger partial charge >= 0.3 is 29.3 Å². The van der Waals surface area contributed by atoms with E-state index in [2.05, 4.69) is 0 Å². The Morgan fingerprint density at radius 1 is 0.957 bits per heavy atom. The van der Waals surface area contributed by atoms with E-state index in [1.807, 2.05) is 0 Å². The number of carbonyl (C=O) groups is 3. The van der Waals surface area contributed by atoms with Gasteiger partial charge in [0.15, 0.2) is 18.3 Å². The molecule has 2 fully saturated rings. The molecule has 11 heteroatoms. The fraction of sp³-hybridized carbons (Fsp3) is 0.750. The predicted molar refractivity (Wildman–Crippen MR) is 70.5 cm³/mol. The molecule has 2 aliphatic heterocycles. The van der Waals surface area contributed by atoms with E-state index in [0.717, 1.165) is 13.8 Å². The number of carbonyl (C=O) groups excluding carboxylic acids is 3. The van der Waals surface area contributed by atoms with Crippen LogP contribution >= 0.6 is 0 Å². The molecule has 0 spiro atoms. The van der Waals surface area contributed by atoms with E-state index in [-0.39, 0.29) is 6.61 Å². The molecule has 0 bridgehead atoms. The van der Waals surface area contributed by atoms with Crippen LogP contribution < -0.4 is 0 Å². The Labute approximate surface area is 134 Å². The fourth-order valence-corrected chi connectivity index (χ4v) is 2.98. The zero-order chi connectivity index (χ0) is 17.1. The molecule has 0 N–H and O–H groups in total. The van der Waals surface area contributed by atoms with Crippen LogP contribution in [0.1, 0.15) is 20.8 Å². The van der Waals surface area contributed by atoms with Crippen LogP contribution in [0.2, 0.25) is 0 Å². The standard InChI is InChI=1S/C12H16O10S/c1-5(13)17-4-8-9(18-6(2)14)10(19-7(3)15)11-12(20-8)22-23(16)21-11/h8-12H,4H2,1-3H3/t8-,9-,10+,11-,12-,23?/m1/s1. The van der Waals surface area contributed by atoms with Crippen molar-refractivity contribution in [2.24, 2.45) is 0 Å². The van der Waals surface area contributed by atoms with E-state index in [4.69, 9.17) is 27.3 Å². The molecule has 2 saturated heterocycles. The topological polar surface area (TPSA) is 124 Å². The minimum absolute atomic E-state index is 0.274. The molecule has 0 saturated carbocycles. The van der Waals surface area contributed by atoms with E-state index in [1.54, 1.807) is 0 Å². The first-order chi connectivity index (χ1) is 10.8. The number of ether oxygens (including phenoxy) is 4. The third kappa shape index (κ3) is 4.47. The van der Waals surface area contributed by atoms with Crippen LogP contribution in [0.15, 0.2) is 0 Å². The maximum atomic E-state index is 11.4. The van der Waals surface area contributed by atoms with Gasteiger partial charge in [0.05, 0.1) is 0 Å². The van der Waals surface area contributed by atoms with Crippen LogP contribution in [0.5, 0.6) is 0 Å². The Balaban J connectivity index is 2.25. The van der Waals surface area contributed by atoms with Crippen LogP contribution in [0.4, 0.5) is 0 Å². The molecule has 0 radical (unpaired) electrons. The summed E-state index contributed by atoms with van der Waals surface area (Å²) in [6.07, 6.45) is -5.38. The van der Waals surface area contributed by atoms with Gasteiger partial charge in [-0.1, -0.05) is 0 Å². The summed E-state index contributed by atoms with van der Waals surface area (Å²) in [4.78, 5) is 33.6. The van der Waals surface area contributed by atoms with Gasteiger partial charge in [0.2, 0.25) is 6.29 Å². The van der Waals surface area contributed by atoms with Crippen molar-refractivity contribution >= 4 is 29.3 Å². The number of esters is 3. The average Bonchev–Trinajstić information content (AvgIpc) is 2.78. The molecule has 130 valence electrons. The van der Waals surface area contributed by atoms with Crippen molar-refractivity contribution in [1.29, 1.82) is 0 Å². The van der Waals surface area contributed by atoms with Crippen LogP contribution in [0, 0.1) is 0 Å². The summed E-state index contributed by atoms with van der Waals surface area (Å²) < 4.78 is 41.9. The first-order valence-corrected chi connectivity index (χ1v) is 7.67. The van der Waals surface area contributed by atoms with Crippen molar-refractivity contribution in [3.8, 4) is 0 Å². The second-order valence-corrected chi connectivity index (χ2v) is 5.65. The van der Waals surface area contributed by atoms with E-state index in [1.165, 1.54) is 6.92 Å². The van der Waals surface area contributed by atoms with Crippen molar-refractivity contribution in [3.63, 3.8) is 0 Å². The van der Waals surface area contributed by atoms with Gasteiger partial charge in [-0.3, -0.25) is 18.6 Å². The zero-order valence-electron chi connectivity index (χ0n) is 12.6. The Hall–Kier alpha value is -1.56. The molecule has 0 aromatic rings. The Morgan fingerprint density at radius 2 is 1.57 bits per heavy atom. The molecule has 1 unspecified atom stereocenters. The first-order valence-electron chi connectivity index (χ1n) is 6.67. The molecule has 23 heavy (non-hydrogen) atoms. The Kier molecular flexibility index (Phi) is 5.68. The smallest absolute Gasteiger partial charge is 0.307 e. The lowest BCUT2D eigenvalue weighted by molar-refractivity contribution is -0.262. The van der Waals surface area contributed by atoms with E-state index in [0.29, 0.717) is 0 Å². The fourth-order valence-electron chi connectivity index (χ4n) is 2.24. The molecule has 10 nitrogen and oxygen atoms in total. The lowest BCUT2D eigenvalue weighted by Gasteiger charge is -2.40. The summed E-state index contributed by atoms with van der Waals surface area (Å²) in [5.74, 6) is -1.91. The second kappa shape index (κ2) is 7.34. The monoisotopic (exact) mass is 352 g/mol. The van der Waals surface area contributed by atoms with Gasteiger partial charge < -0.3 is 18.9 Å². The Morgan fingerprint density at radius 3 is 2.13 bits per heavy atom. The molecule has 0 aromatic carbocycles. The normalized spacial score (nSPS) is 36.0. The quantitative estimate of drug-likeness (QED) is 0.466. The molecule has 0 aromatic heterocycles. The van der Waals surface area contributed by atoms with E-state index >= 15 is 0 Å².